The number of benzene rings is 1. The molecular formula is C18H18N4O4. The fourth-order valence-electron chi connectivity index (χ4n) is 3.93. The second-order valence-electron chi connectivity index (χ2n) is 6.84. The van der Waals surface area contributed by atoms with Crippen LogP contribution in [0.1, 0.15) is 18.0 Å². The number of anilines is 1. The molecular weight excluding hydrogens is 336 g/mol. The van der Waals surface area contributed by atoms with Crippen molar-refractivity contribution in [3.8, 4) is 0 Å². The summed E-state index contributed by atoms with van der Waals surface area (Å²) in [6, 6.07) is 10.9. The molecule has 1 saturated heterocycles. The van der Waals surface area contributed by atoms with Crippen LogP contribution in [0.2, 0.25) is 0 Å². The highest BCUT2D eigenvalue weighted by atomic mass is 16.6. The zero-order chi connectivity index (χ0) is 18.3. The number of carbonyl (C=O) groups excluding carboxylic acids is 1. The first-order valence-electron chi connectivity index (χ1n) is 8.51. The van der Waals surface area contributed by atoms with Crippen molar-refractivity contribution in [1.82, 2.24) is 9.47 Å². The van der Waals surface area contributed by atoms with Gasteiger partial charge in [-0.1, -0.05) is 6.07 Å². The lowest BCUT2D eigenvalue weighted by Gasteiger charge is -2.42. The summed E-state index contributed by atoms with van der Waals surface area (Å²) < 4.78 is 1.82. The maximum Gasteiger partial charge on any atom is 0.321 e. The lowest BCUT2D eigenvalue weighted by Crippen LogP contribution is -2.50. The third-order valence-corrected chi connectivity index (χ3v) is 5.10. The smallest absolute Gasteiger partial charge is 0.321 e. The first-order chi connectivity index (χ1) is 12.5. The first kappa shape index (κ1) is 16.3. The Labute approximate surface area is 149 Å². The lowest BCUT2D eigenvalue weighted by atomic mass is 9.83. The zero-order valence-electron chi connectivity index (χ0n) is 14.0. The number of nitro groups is 1. The molecule has 0 radical (unpaired) electrons. The monoisotopic (exact) mass is 354 g/mol. The normalized spacial score (nSPS) is 21.0. The number of piperidine rings is 1. The van der Waals surface area contributed by atoms with Gasteiger partial charge in [-0.15, -0.1) is 0 Å². The van der Waals surface area contributed by atoms with E-state index in [0.29, 0.717) is 25.3 Å². The Morgan fingerprint density at radius 1 is 1.12 bits per heavy atom. The number of amides is 2. The topological polar surface area (TPSA) is 97.5 Å². The molecule has 2 aliphatic rings. The highest BCUT2D eigenvalue weighted by molar-refractivity contribution is 5.89. The van der Waals surface area contributed by atoms with Gasteiger partial charge in [-0.3, -0.25) is 14.9 Å². The summed E-state index contributed by atoms with van der Waals surface area (Å²) >= 11 is 0. The third-order valence-electron chi connectivity index (χ3n) is 5.10. The van der Waals surface area contributed by atoms with Gasteiger partial charge < -0.3 is 14.8 Å². The third kappa shape index (κ3) is 2.94. The number of hydrogen-bond acceptors (Lipinski definition) is 4. The summed E-state index contributed by atoms with van der Waals surface area (Å²) in [5.41, 5.74) is 1.51. The fraction of sp³-hybridized carbons (Fsp3) is 0.333. The Hall–Kier alpha value is -3.16. The van der Waals surface area contributed by atoms with Crippen molar-refractivity contribution in [1.29, 1.82) is 0 Å². The molecule has 2 amide bonds. The lowest BCUT2D eigenvalue weighted by molar-refractivity contribution is -0.384. The fourth-order valence-corrected chi connectivity index (χ4v) is 3.93. The minimum absolute atomic E-state index is 0.0148. The van der Waals surface area contributed by atoms with Crippen LogP contribution in [0.3, 0.4) is 0 Å². The number of likely N-dealkylation sites (tertiary alicyclic amines) is 1. The standard InChI is InChI=1S/C18H18N4O4/c23-17-3-1-2-16-13-8-12(10-21(16)17)9-20(11-13)18(24)19-14-4-6-15(7-5-14)22(25)26/h1-7,12-13H,8-11H2,(H,19,24)/t12-,13+/m0/s1. The van der Waals surface area contributed by atoms with Crippen molar-refractivity contribution in [2.24, 2.45) is 5.92 Å². The molecule has 2 aliphatic heterocycles. The number of carbonyl (C=O) groups is 1. The van der Waals surface area contributed by atoms with E-state index in [1.807, 2.05) is 10.6 Å². The second-order valence-corrected chi connectivity index (χ2v) is 6.84. The Morgan fingerprint density at radius 2 is 1.88 bits per heavy atom. The van der Waals surface area contributed by atoms with E-state index >= 15 is 0 Å². The predicted molar refractivity (Wildman–Crippen MR) is 95.2 cm³/mol. The van der Waals surface area contributed by atoms with Crippen LogP contribution in [-0.4, -0.2) is 33.5 Å². The number of pyridine rings is 1. The van der Waals surface area contributed by atoms with Crippen LogP contribution in [0.5, 0.6) is 0 Å². The molecule has 8 heteroatoms. The Morgan fingerprint density at radius 3 is 2.62 bits per heavy atom. The molecule has 134 valence electrons. The van der Waals surface area contributed by atoms with Crippen molar-refractivity contribution >= 4 is 17.4 Å². The molecule has 0 unspecified atom stereocenters. The number of non-ortho nitro benzene ring substituents is 1. The molecule has 2 aromatic rings. The van der Waals surface area contributed by atoms with Gasteiger partial charge in [-0.05, 0) is 30.5 Å². The zero-order valence-corrected chi connectivity index (χ0v) is 14.0. The number of hydrogen-bond donors (Lipinski definition) is 1. The van der Waals surface area contributed by atoms with E-state index in [4.69, 9.17) is 0 Å². The molecule has 0 aliphatic carbocycles. The van der Waals surface area contributed by atoms with Crippen molar-refractivity contribution in [3.63, 3.8) is 0 Å². The SMILES string of the molecule is O=C(Nc1ccc([N+](=O)[O-])cc1)N1C[C@@H]2C[C@H](C1)c1cccc(=O)n1C2. The molecule has 8 nitrogen and oxygen atoms in total. The number of nitrogens with zero attached hydrogens (tertiary/aromatic N) is 3. The van der Waals surface area contributed by atoms with Crippen molar-refractivity contribution in [2.75, 3.05) is 18.4 Å². The van der Waals surface area contributed by atoms with E-state index in [1.54, 1.807) is 17.0 Å². The largest absolute Gasteiger partial charge is 0.324 e. The van der Waals surface area contributed by atoms with Gasteiger partial charge in [0.25, 0.3) is 11.2 Å². The molecule has 2 bridgehead atoms. The van der Waals surface area contributed by atoms with Crippen LogP contribution < -0.4 is 10.9 Å². The highest BCUT2D eigenvalue weighted by Crippen LogP contribution is 2.35. The molecule has 26 heavy (non-hydrogen) atoms. The summed E-state index contributed by atoms with van der Waals surface area (Å²) in [5, 5.41) is 13.5. The van der Waals surface area contributed by atoms with Crippen LogP contribution in [0.4, 0.5) is 16.2 Å². The number of nitrogens with one attached hydrogen (secondary N) is 1. The van der Waals surface area contributed by atoms with Gasteiger partial charge in [-0.25, -0.2) is 4.79 Å². The Balaban J connectivity index is 1.49. The molecule has 4 rings (SSSR count). The van der Waals surface area contributed by atoms with E-state index in [0.717, 1.165) is 12.1 Å². The molecule has 0 spiro atoms. The predicted octanol–water partition coefficient (Wildman–Crippen LogP) is 2.41. The van der Waals surface area contributed by atoms with Crippen LogP contribution in [0.15, 0.2) is 47.3 Å². The maximum absolute atomic E-state index is 12.6. The number of nitro benzene ring substituents is 1. The molecule has 1 aromatic heterocycles. The number of aromatic nitrogens is 1. The van der Waals surface area contributed by atoms with Crippen LogP contribution in [0.25, 0.3) is 0 Å². The maximum atomic E-state index is 12.6. The summed E-state index contributed by atoms with van der Waals surface area (Å²) in [6.07, 6.45) is 0.977. The van der Waals surface area contributed by atoms with E-state index < -0.39 is 4.92 Å². The van der Waals surface area contributed by atoms with Crippen LogP contribution >= 0.6 is 0 Å². The van der Waals surface area contributed by atoms with Crippen LogP contribution in [0, 0.1) is 16.0 Å². The highest BCUT2D eigenvalue weighted by Gasteiger charge is 2.36. The molecule has 3 heterocycles. The van der Waals surface area contributed by atoms with Gasteiger partial charge in [0.1, 0.15) is 0 Å². The van der Waals surface area contributed by atoms with Gasteiger partial charge in [0.05, 0.1) is 4.92 Å². The molecule has 1 fully saturated rings. The van der Waals surface area contributed by atoms with Gasteiger partial charge in [0, 0.05) is 55.1 Å². The Kier molecular flexibility index (Phi) is 3.95. The van der Waals surface area contributed by atoms with Gasteiger partial charge in [-0.2, -0.15) is 0 Å². The quantitative estimate of drug-likeness (QED) is 0.661. The van der Waals surface area contributed by atoms with Crippen molar-refractivity contribution in [2.45, 2.75) is 18.9 Å². The molecule has 1 aromatic carbocycles. The van der Waals surface area contributed by atoms with Crippen molar-refractivity contribution < 1.29 is 9.72 Å². The Bertz CT molecular complexity index is 922. The summed E-state index contributed by atoms with van der Waals surface area (Å²) in [4.78, 5) is 36.7. The minimum Gasteiger partial charge on any atom is -0.324 e. The number of rotatable bonds is 2. The van der Waals surface area contributed by atoms with E-state index in [9.17, 15) is 19.7 Å². The van der Waals surface area contributed by atoms with E-state index in [2.05, 4.69) is 5.32 Å². The molecule has 0 saturated carbocycles. The summed E-state index contributed by atoms with van der Waals surface area (Å²) in [7, 11) is 0. The van der Waals surface area contributed by atoms with E-state index in [-0.39, 0.29) is 29.1 Å². The van der Waals surface area contributed by atoms with Gasteiger partial charge in [0.15, 0.2) is 0 Å². The minimum atomic E-state index is -0.475. The van der Waals surface area contributed by atoms with Crippen LogP contribution in [-0.2, 0) is 6.54 Å². The van der Waals surface area contributed by atoms with Crippen molar-refractivity contribution in [3.05, 3.63) is 68.6 Å². The molecule has 2 atom stereocenters. The average molecular weight is 354 g/mol. The molecule has 1 N–H and O–H groups in total. The summed E-state index contributed by atoms with van der Waals surface area (Å²) in [6.45, 7) is 1.78. The van der Waals surface area contributed by atoms with Gasteiger partial charge >= 0.3 is 6.03 Å². The number of fused-ring (bicyclic) bond motifs is 4. The average Bonchev–Trinajstić information content (AvgIpc) is 2.63. The number of urea groups is 1. The van der Waals surface area contributed by atoms with E-state index in [1.165, 1.54) is 24.3 Å². The van der Waals surface area contributed by atoms with Gasteiger partial charge in [0.2, 0.25) is 0 Å². The second kappa shape index (κ2) is 6.29. The summed E-state index contributed by atoms with van der Waals surface area (Å²) in [5.74, 6) is 0.406. The first-order valence-corrected chi connectivity index (χ1v) is 8.51.